The van der Waals surface area contributed by atoms with Crippen LogP contribution in [0.5, 0.6) is 0 Å². The summed E-state index contributed by atoms with van der Waals surface area (Å²) >= 11 is 5.90. The molecule has 1 saturated heterocycles. The lowest BCUT2D eigenvalue weighted by molar-refractivity contribution is -0.144. The lowest BCUT2D eigenvalue weighted by Crippen LogP contribution is -2.41. The van der Waals surface area contributed by atoms with Gasteiger partial charge in [0.05, 0.1) is 61.2 Å². The third-order valence-corrected chi connectivity index (χ3v) is 18.4. The lowest BCUT2D eigenvalue weighted by Gasteiger charge is -2.32. The molecule has 0 bridgehead atoms. The van der Waals surface area contributed by atoms with Gasteiger partial charge in [-0.05, 0) is 139 Å². The van der Waals surface area contributed by atoms with Gasteiger partial charge in [-0.2, -0.15) is 84.1 Å². The van der Waals surface area contributed by atoms with E-state index in [0.717, 1.165) is 22.7 Å². The highest BCUT2D eigenvalue weighted by Gasteiger charge is 2.52. The normalized spacial score (nSPS) is 13.4. The average molecular weight is 1690 g/mol. The Morgan fingerprint density at radius 1 is 0.415 bits per heavy atom. The molecule has 1 aliphatic rings. The molecule has 618 valence electrons. The minimum absolute atomic E-state index is 0. The second-order valence-electron chi connectivity index (χ2n) is 26.7. The molecule has 14 rings (SSSR count). The Bertz CT molecular complexity index is 5820. The van der Waals surface area contributed by atoms with Crippen molar-refractivity contribution in [2.45, 2.75) is 96.7 Å². The van der Waals surface area contributed by atoms with Crippen molar-refractivity contribution in [1.29, 1.82) is 11.1 Å². The molecule has 0 aliphatic carbocycles. The number of carbonyl (C=O) groups excluding carboxylic acids is 2. The second-order valence-corrected chi connectivity index (χ2v) is 27.1. The fraction of sp³-hybridized carbons (Fsp3) is 0.192. The molecule has 0 atom stereocenters. The van der Waals surface area contributed by atoms with E-state index in [9.17, 15) is 97.4 Å². The second kappa shape index (κ2) is 34.4. The van der Waals surface area contributed by atoms with Crippen LogP contribution >= 0.6 is 11.6 Å². The summed E-state index contributed by atoms with van der Waals surface area (Å²) in [7, 11) is -0.611. The van der Waals surface area contributed by atoms with Crippen LogP contribution in [0.25, 0.3) is 65.7 Å². The van der Waals surface area contributed by atoms with Crippen molar-refractivity contribution >= 4 is 113 Å². The fourth-order valence-corrected chi connectivity index (χ4v) is 11.9. The average Bonchev–Trinajstić information content (AvgIpc) is 1.74. The highest BCUT2D eigenvalue weighted by molar-refractivity contribution is 6.62. The molecule has 0 spiro atoms. The molecule has 0 amide bonds. The summed E-state index contributed by atoms with van der Waals surface area (Å²) in [4.78, 5) is 22.7. The number of alkyl halides is 18. The summed E-state index contributed by atoms with van der Waals surface area (Å²) in [6.07, 6.45) is -29.8. The molecule has 5 heterocycles. The summed E-state index contributed by atoms with van der Waals surface area (Å²) in [6.45, 7) is 12.2. The number of aromatic amines is 1. The molecule has 1 fully saturated rings. The molecule has 8 N–H and O–H groups in total. The molecular weight excluding hydrogens is 1630 g/mol. The summed E-state index contributed by atoms with van der Waals surface area (Å²) in [5, 5.41) is 42.0. The van der Waals surface area contributed by atoms with Crippen LogP contribution in [0.2, 0.25) is 5.15 Å². The Morgan fingerprint density at radius 3 is 1.08 bits per heavy atom. The molecule has 9 aromatic carbocycles. The lowest BCUT2D eigenvalue weighted by atomic mass is 9.78. The van der Waals surface area contributed by atoms with Gasteiger partial charge in [0.1, 0.15) is 23.0 Å². The first kappa shape index (κ1) is 89.6. The summed E-state index contributed by atoms with van der Waals surface area (Å²) in [5.41, 5.74) is 2.94. The van der Waals surface area contributed by atoms with Crippen molar-refractivity contribution in [2.24, 2.45) is 0 Å². The van der Waals surface area contributed by atoms with Crippen LogP contribution in [0.15, 0.2) is 182 Å². The smallest absolute Gasteiger partial charge is 0.412 e. The van der Waals surface area contributed by atoms with E-state index in [4.69, 9.17) is 32.0 Å². The van der Waals surface area contributed by atoms with Gasteiger partial charge >= 0.3 is 44.2 Å². The van der Waals surface area contributed by atoms with E-state index >= 15 is 0 Å². The Hall–Kier alpha value is -12.4. The Morgan fingerprint density at radius 2 is 0.729 bits per heavy atom. The van der Waals surface area contributed by atoms with Crippen LogP contribution in [-0.4, -0.2) is 76.2 Å². The zero-order valence-electron chi connectivity index (χ0n) is 61.6. The monoisotopic (exact) mass is 1690 g/mol. The molecule has 0 radical (unpaired) electrons. The van der Waals surface area contributed by atoms with E-state index in [-0.39, 0.29) is 75.9 Å². The van der Waals surface area contributed by atoms with E-state index in [1.54, 1.807) is 72.8 Å². The number of aryl methyl sites for hydroxylation is 1. The highest BCUT2D eigenvalue weighted by Crippen LogP contribution is 2.45. The number of nitrogens with one attached hydrogen (secondary N) is 6. The van der Waals surface area contributed by atoms with Gasteiger partial charge in [0.25, 0.3) is 0 Å². The number of hydrogen-bond donors (Lipinski definition) is 6. The summed E-state index contributed by atoms with van der Waals surface area (Å²) in [6, 6.07) is 37.1. The third kappa shape index (κ3) is 20.5. The number of halogens is 21. The van der Waals surface area contributed by atoms with Crippen LogP contribution in [0.3, 0.4) is 0 Å². The summed E-state index contributed by atoms with van der Waals surface area (Å²) in [5.74, 6) is -2.17. The van der Waals surface area contributed by atoms with Crippen LogP contribution < -0.4 is 21.4 Å². The van der Waals surface area contributed by atoms with E-state index in [1.807, 2.05) is 52.8 Å². The first-order chi connectivity index (χ1) is 54.5. The third-order valence-electron chi connectivity index (χ3n) is 18.1. The maximum Gasteiger partial charge on any atom is 0.494 e. The van der Waals surface area contributed by atoms with Crippen LogP contribution in [0.1, 0.15) is 103 Å². The minimum Gasteiger partial charge on any atom is -0.412 e. The van der Waals surface area contributed by atoms with Crippen molar-refractivity contribution in [3.63, 3.8) is 0 Å². The van der Waals surface area contributed by atoms with Gasteiger partial charge in [0.2, 0.25) is 0 Å². The van der Waals surface area contributed by atoms with Gasteiger partial charge in [0.15, 0.2) is 34.2 Å². The molecule has 40 heteroatoms. The molecule has 0 saturated carbocycles. The predicted octanol–water partition coefficient (Wildman–Crippen LogP) is 23.1. The van der Waals surface area contributed by atoms with Crippen molar-refractivity contribution in [2.75, 3.05) is 16.0 Å². The highest BCUT2D eigenvalue weighted by atomic mass is 35.5. The fourth-order valence-electron chi connectivity index (χ4n) is 11.7. The maximum atomic E-state index is 14.4. The number of anilines is 6. The molecule has 4 aromatic heterocycles. The molecule has 1 aliphatic heterocycles. The minimum atomic E-state index is -5.01. The Kier molecular flexibility index (Phi) is 26.1. The maximum absolute atomic E-state index is 14.4. The largest absolute Gasteiger partial charge is 0.494 e. The molecule has 0 unspecified atom stereocenters. The Balaban J connectivity index is 0.000000200. The molecule has 118 heavy (non-hydrogen) atoms. The van der Waals surface area contributed by atoms with Crippen molar-refractivity contribution in [3.8, 4) is 22.5 Å². The zero-order chi connectivity index (χ0) is 86.0. The van der Waals surface area contributed by atoms with Gasteiger partial charge in [0, 0.05) is 73.0 Å². The van der Waals surface area contributed by atoms with Gasteiger partial charge in [-0.3, -0.25) is 14.7 Å². The number of ketones is 2. The molecule has 18 nitrogen and oxygen atoms in total. The first-order valence-corrected chi connectivity index (χ1v) is 34.2. The van der Waals surface area contributed by atoms with Gasteiger partial charge in [-0.1, -0.05) is 109 Å². The van der Waals surface area contributed by atoms with E-state index < -0.39 is 123 Å². The summed E-state index contributed by atoms with van der Waals surface area (Å²) < 4.78 is 276. The number of fused-ring (bicyclic) bond motifs is 4. The standard InChI is InChI=1S/C24H14F7N3O.C24H15F6N5.C16H8ClF6N3.C14H18BFO3.H2N2.H2O.H2/c1-12(35)17-7-6-13(8-20(17)25)21-18-4-2-3-5-19(18)22(34-33-21)32-16-10-14(23(26,27)28)9-15(11-16)24(29,30)31;1-12-17-7-6-13(8-20(17)33-32-12)21-18-4-2-3-5-19(18)22(35-34-21)31-16-10-14(23(25,26)27)9-15(11-16)24(28,29)30;17-13-11-3-1-2-4-12(11)14(26-25-13)24-10-6-8(15(18,19)20)5-9(7-10)16(21,22)23;1-9(17)11-7-6-10(8-12(11)16)15-18-13(2,3)14(4,5)19-15;1-2;;/h2-11H,1H3,(H,32,34);2-11H,1H3,(H,31,35)(H,32,33);1-7H,(H,24,26);6-8H,1-5H3;1-2H;1H2;1H. The quantitative estimate of drug-likeness (QED) is 0.0304. The van der Waals surface area contributed by atoms with E-state index in [2.05, 4.69) is 56.7 Å². The number of H-pyrrole nitrogens is 1. The molecule has 13 aromatic rings. The van der Waals surface area contributed by atoms with Crippen LogP contribution in [0, 0.1) is 29.6 Å². The SMILES string of the molecule is CC(=O)c1ccc(-c2nnc(Nc3cc(C(F)(F)F)cc(C(F)(F)F)c3)c3ccccc23)cc1F.CC(=O)c1ccc(B2OC(C)(C)C(C)(C)O2)cc1F.Cc1[nH]nc2cc(-c3nnc(Nc4cc(C(F)(F)F)cc(C(F)(F)F)c4)c4ccccc34)ccc12.FC(F)(F)c1cc(Nc2nnc(Cl)c3ccccc23)cc(C(F)(F)F)c1.N=N.O.[HH]. The van der Waals surface area contributed by atoms with Crippen molar-refractivity contribution < 1.29 is 114 Å². The van der Waals surface area contributed by atoms with Gasteiger partial charge < -0.3 is 30.7 Å². The zero-order valence-corrected chi connectivity index (χ0v) is 62.4. The van der Waals surface area contributed by atoms with E-state index in [1.165, 1.54) is 44.2 Å². The van der Waals surface area contributed by atoms with Crippen LogP contribution in [0.4, 0.5) is 122 Å². The number of aromatic nitrogens is 8. The number of carbonyl (C=O) groups is 2. The first-order valence-electron chi connectivity index (χ1n) is 33.8. The van der Waals surface area contributed by atoms with Gasteiger partial charge in [-0.15, -0.1) is 30.6 Å². The van der Waals surface area contributed by atoms with Crippen LogP contribution in [-0.2, 0) is 46.4 Å². The number of Topliss-reactive ketones (excluding diaryl/α,β-unsaturated/α-hetero) is 2. The number of rotatable bonds is 11. The predicted molar refractivity (Wildman–Crippen MR) is 401 cm³/mol. The van der Waals surface area contributed by atoms with E-state index in [0.29, 0.717) is 85.4 Å². The van der Waals surface area contributed by atoms with Crippen molar-refractivity contribution in [1.82, 2.24) is 40.8 Å². The number of benzene rings is 9. The Labute approximate surface area is 660 Å². The van der Waals surface area contributed by atoms with Gasteiger partial charge in [-0.25, -0.2) is 19.8 Å². The number of hydrogen-bond acceptors (Lipinski definition) is 16. The molecular formula is C78H61BClF20N13O5. The van der Waals surface area contributed by atoms with Crippen molar-refractivity contribution in [3.05, 3.63) is 249 Å². The topological polar surface area (TPSA) is 274 Å². The number of nitrogens with zero attached hydrogens (tertiary/aromatic N) is 7.